The number of hydrogen-bond acceptors (Lipinski definition) is 0. The third kappa shape index (κ3) is 8.72. The Bertz CT molecular complexity index is 4250. The minimum absolute atomic E-state index is 0.0820. The average Bonchev–Trinajstić information content (AvgIpc) is 4.03. The van der Waals surface area contributed by atoms with Gasteiger partial charge in [0.1, 0.15) is 0 Å². The lowest BCUT2D eigenvalue weighted by atomic mass is 9.76. The van der Waals surface area contributed by atoms with E-state index in [2.05, 4.69) is 311 Å². The van der Waals surface area contributed by atoms with Crippen LogP contribution in [0.1, 0.15) is 105 Å². The molecule has 2 nitrogen and oxygen atoms in total. The number of fused-ring (bicyclic) bond motifs is 8. The van der Waals surface area contributed by atoms with Gasteiger partial charge >= 0.3 is 0 Å². The van der Waals surface area contributed by atoms with E-state index in [0.29, 0.717) is 0 Å². The van der Waals surface area contributed by atoms with Crippen molar-refractivity contribution in [2.45, 2.75) is 105 Å². The molecule has 0 N–H and O–H groups in total. The standard InChI is InChI=1S/C78H72N2/c1-75(2,3)55-39-53(40-56(45-55)76(4,5)6)65-47-64(52-36-38-74-68(44-52)62-30-18-20-32-72(62)80(74)70-34-22-26-50-24-14-16-28-60(50)70)66(54-41-57(77(7,8)9)46-58(42-54)78(10,11)12)48-63(65)51-35-37-73-67(43-51)61-29-17-19-31-71(61)79(73)69-33-21-25-49-23-13-15-27-59(49)69/h13-48H,1-12H3. The van der Waals surface area contributed by atoms with Gasteiger partial charge in [-0.2, -0.15) is 0 Å². The highest BCUT2D eigenvalue weighted by Gasteiger charge is 2.27. The van der Waals surface area contributed by atoms with Crippen LogP contribution in [0.4, 0.5) is 0 Å². The van der Waals surface area contributed by atoms with Crippen LogP contribution in [-0.4, -0.2) is 9.13 Å². The molecule has 0 atom stereocenters. The van der Waals surface area contributed by atoms with Gasteiger partial charge in [0.25, 0.3) is 0 Å². The zero-order chi connectivity index (χ0) is 55.6. The third-order valence-electron chi connectivity index (χ3n) is 17.1. The molecule has 13 aromatic rings. The van der Waals surface area contributed by atoms with Gasteiger partial charge in [-0.25, -0.2) is 0 Å². The summed E-state index contributed by atoms with van der Waals surface area (Å²) in [5.74, 6) is 0. The second-order valence-electron chi connectivity index (χ2n) is 26.7. The van der Waals surface area contributed by atoms with Crippen molar-refractivity contribution < 1.29 is 0 Å². The maximum Gasteiger partial charge on any atom is 0.0541 e. The maximum atomic E-state index is 2.56. The van der Waals surface area contributed by atoms with Gasteiger partial charge in [-0.1, -0.05) is 241 Å². The van der Waals surface area contributed by atoms with Crippen molar-refractivity contribution in [3.05, 3.63) is 241 Å². The number of hydrogen-bond donors (Lipinski definition) is 0. The molecule has 0 spiro atoms. The fourth-order valence-corrected chi connectivity index (χ4v) is 12.5. The van der Waals surface area contributed by atoms with Crippen molar-refractivity contribution >= 4 is 65.2 Å². The van der Waals surface area contributed by atoms with Gasteiger partial charge in [-0.3, -0.25) is 0 Å². The Kier molecular flexibility index (Phi) is 11.8. The number of rotatable bonds is 6. The largest absolute Gasteiger partial charge is 0.309 e. The van der Waals surface area contributed by atoms with Crippen LogP contribution in [0.2, 0.25) is 0 Å². The van der Waals surface area contributed by atoms with E-state index in [-0.39, 0.29) is 21.7 Å². The first-order chi connectivity index (χ1) is 38.2. The average molecular weight is 1040 g/mol. The van der Waals surface area contributed by atoms with E-state index in [1.54, 1.807) is 0 Å². The molecule has 2 heteroatoms. The second kappa shape index (κ2) is 18.6. The Balaban J connectivity index is 1.15. The van der Waals surface area contributed by atoms with E-state index in [1.807, 2.05) is 0 Å². The molecule has 0 radical (unpaired) electrons. The fraction of sp³-hybridized carbons (Fsp3) is 0.205. The lowest BCUT2D eigenvalue weighted by Gasteiger charge is -2.28. The van der Waals surface area contributed by atoms with Crippen LogP contribution < -0.4 is 0 Å². The molecule has 80 heavy (non-hydrogen) atoms. The minimum Gasteiger partial charge on any atom is -0.309 e. The summed E-state index contributed by atoms with van der Waals surface area (Å²) >= 11 is 0. The summed E-state index contributed by atoms with van der Waals surface area (Å²) in [6.07, 6.45) is 0. The lowest BCUT2D eigenvalue weighted by molar-refractivity contribution is 0.568. The first-order valence-corrected chi connectivity index (χ1v) is 28.7. The molecule has 2 aromatic heterocycles. The predicted octanol–water partition coefficient (Wildman–Crippen LogP) is 22.0. The number of aromatic nitrogens is 2. The van der Waals surface area contributed by atoms with Gasteiger partial charge in [-0.05, 0) is 160 Å². The second-order valence-corrected chi connectivity index (χ2v) is 26.7. The first-order valence-electron chi connectivity index (χ1n) is 28.7. The van der Waals surface area contributed by atoms with Crippen molar-refractivity contribution in [2.75, 3.05) is 0 Å². The Morgan fingerprint density at radius 2 is 0.525 bits per heavy atom. The smallest absolute Gasteiger partial charge is 0.0541 e. The van der Waals surface area contributed by atoms with Crippen LogP contribution >= 0.6 is 0 Å². The van der Waals surface area contributed by atoms with Gasteiger partial charge in [0.05, 0.1) is 33.4 Å². The summed E-state index contributed by atoms with van der Waals surface area (Å²) in [4.78, 5) is 0. The van der Waals surface area contributed by atoms with Gasteiger partial charge in [0.15, 0.2) is 0 Å². The van der Waals surface area contributed by atoms with Gasteiger partial charge in [0.2, 0.25) is 0 Å². The molecule has 2 heterocycles. The highest BCUT2D eigenvalue weighted by atomic mass is 15.0. The zero-order valence-electron chi connectivity index (χ0n) is 48.7. The highest BCUT2D eigenvalue weighted by molar-refractivity contribution is 6.14. The zero-order valence-corrected chi connectivity index (χ0v) is 48.7. The Morgan fingerprint density at radius 3 is 0.887 bits per heavy atom. The van der Waals surface area contributed by atoms with E-state index in [9.17, 15) is 0 Å². The normalized spacial score (nSPS) is 12.8. The molecule has 0 unspecified atom stereocenters. The first kappa shape index (κ1) is 51.0. The van der Waals surface area contributed by atoms with Crippen LogP contribution in [0.3, 0.4) is 0 Å². The SMILES string of the molecule is CC(C)(C)c1cc(-c2cc(-c3ccc4c(c3)c3ccccc3n4-c3cccc4ccccc34)c(-c3cc(C(C)(C)C)cc(C(C)(C)C)c3)cc2-c2ccc3c(c2)c2ccccc2n3-c2cccc3ccccc23)cc(C(C)(C)C)c1. The van der Waals surface area contributed by atoms with Crippen molar-refractivity contribution in [2.24, 2.45) is 0 Å². The highest BCUT2D eigenvalue weighted by Crippen LogP contribution is 2.48. The topological polar surface area (TPSA) is 9.86 Å². The van der Waals surface area contributed by atoms with Crippen LogP contribution in [0.25, 0.3) is 121 Å². The van der Waals surface area contributed by atoms with Crippen LogP contribution in [-0.2, 0) is 21.7 Å². The molecule has 0 aliphatic rings. The van der Waals surface area contributed by atoms with E-state index in [4.69, 9.17) is 0 Å². The summed E-state index contributed by atoms with van der Waals surface area (Å²) in [6, 6.07) is 83.4. The maximum absolute atomic E-state index is 2.56. The van der Waals surface area contributed by atoms with Crippen LogP contribution in [0.5, 0.6) is 0 Å². The van der Waals surface area contributed by atoms with E-state index in [0.717, 1.165) is 0 Å². The molecule has 0 aliphatic heterocycles. The summed E-state index contributed by atoms with van der Waals surface area (Å²) in [5, 5.41) is 9.89. The quantitative estimate of drug-likeness (QED) is 0.157. The van der Waals surface area contributed by atoms with Gasteiger partial charge in [0, 0.05) is 32.3 Å². The molecular formula is C78H72N2. The molecule has 394 valence electrons. The molecule has 11 aromatic carbocycles. The van der Waals surface area contributed by atoms with Crippen molar-refractivity contribution in [1.29, 1.82) is 0 Å². The van der Waals surface area contributed by atoms with Gasteiger partial charge < -0.3 is 9.13 Å². The lowest BCUT2D eigenvalue weighted by Crippen LogP contribution is -2.16. The molecule has 0 bridgehead atoms. The number of benzene rings is 11. The predicted molar refractivity (Wildman–Crippen MR) is 347 cm³/mol. The molecule has 13 rings (SSSR count). The Hall–Kier alpha value is -8.46. The minimum atomic E-state index is -0.0820. The number of para-hydroxylation sites is 2. The molecule has 0 fully saturated rings. The summed E-state index contributed by atoms with van der Waals surface area (Å²) in [6.45, 7) is 28.2. The monoisotopic (exact) mass is 1040 g/mol. The van der Waals surface area contributed by atoms with Crippen molar-refractivity contribution in [3.63, 3.8) is 0 Å². The molecule has 0 saturated carbocycles. The summed E-state index contributed by atoms with van der Waals surface area (Å²) in [5.41, 5.74) is 21.9. The Labute approximate surface area is 473 Å². The molecular weight excluding hydrogens is 965 g/mol. The van der Waals surface area contributed by atoms with E-state index >= 15 is 0 Å². The molecule has 0 aliphatic carbocycles. The number of nitrogens with zero attached hydrogens (tertiary/aromatic N) is 2. The summed E-state index contributed by atoms with van der Waals surface area (Å²) < 4.78 is 4.96. The Morgan fingerprint density at radius 1 is 0.225 bits per heavy atom. The van der Waals surface area contributed by atoms with Crippen LogP contribution in [0.15, 0.2) is 218 Å². The summed E-state index contributed by atoms with van der Waals surface area (Å²) in [7, 11) is 0. The van der Waals surface area contributed by atoms with Crippen LogP contribution in [0, 0.1) is 0 Å². The van der Waals surface area contributed by atoms with Crippen molar-refractivity contribution in [3.8, 4) is 55.9 Å². The van der Waals surface area contributed by atoms with E-state index < -0.39 is 0 Å². The van der Waals surface area contributed by atoms with Gasteiger partial charge in [-0.15, -0.1) is 0 Å². The molecule has 0 saturated heterocycles. The van der Waals surface area contributed by atoms with Crippen molar-refractivity contribution in [1.82, 2.24) is 9.13 Å². The molecule has 0 amide bonds. The van der Waals surface area contributed by atoms with E-state index in [1.165, 1.54) is 143 Å². The third-order valence-corrected chi connectivity index (χ3v) is 17.1. The fourth-order valence-electron chi connectivity index (χ4n) is 12.5.